The van der Waals surface area contributed by atoms with Gasteiger partial charge in [-0.25, -0.2) is 0 Å². The molecule has 0 bridgehead atoms. The molecule has 1 amide bonds. The van der Waals surface area contributed by atoms with E-state index in [1.54, 1.807) is 30.3 Å². The van der Waals surface area contributed by atoms with E-state index >= 15 is 0 Å². The molecule has 2 aromatic carbocycles. The van der Waals surface area contributed by atoms with Crippen LogP contribution in [0.3, 0.4) is 0 Å². The first kappa shape index (κ1) is 15.2. The lowest BCUT2D eigenvalue weighted by molar-refractivity contribution is -0.113. The highest BCUT2D eigenvalue weighted by Gasteiger charge is 2.33. The van der Waals surface area contributed by atoms with E-state index in [-0.39, 0.29) is 11.7 Å². The summed E-state index contributed by atoms with van der Waals surface area (Å²) in [5.41, 5.74) is 4.04. The number of carbonyl (C=O) groups is 1. The molecule has 0 aliphatic carbocycles. The minimum atomic E-state index is -0.180. The van der Waals surface area contributed by atoms with Gasteiger partial charge in [-0.15, -0.1) is 0 Å². The molecule has 0 radical (unpaired) electrons. The van der Waals surface area contributed by atoms with Gasteiger partial charge in [-0.05, 0) is 61.0 Å². The summed E-state index contributed by atoms with van der Waals surface area (Å²) in [4.78, 5) is 14.3. The highest BCUT2D eigenvalue weighted by Crippen LogP contribution is 2.29. The number of anilines is 1. The lowest BCUT2D eigenvalue weighted by atomic mass is 10.1. The van der Waals surface area contributed by atoms with E-state index in [4.69, 9.17) is 12.2 Å². The van der Waals surface area contributed by atoms with Crippen molar-refractivity contribution in [2.45, 2.75) is 13.8 Å². The Bertz CT molecular complexity index is 805. The Balaban J connectivity index is 1.99. The fourth-order valence-corrected chi connectivity index (χ4v) is 2.92. The number of carbonyl (C=O) groups excluding carboxylic acids is 1. The Kier molecular flexibility index (Phi) is 3.88. The van der Waals surface area contributed by atoms with Crippen LogP contribution < -0.4 is 10.2 Å². The van der Waals surface area contributed by atoms with Crippen molar-refractivity contribution in [2.75, 3.05) is 4.90 Å². The molecule has 2 aromatic rings. The summed E-state index contributed by atoms with van der Waals surface area (Å²) in [6.07, 6.45) is 1.72. The SMILES string of the molecule is Cc1cccc(C)c1N1C(=O)/C(=C\c2ccc(O)cc2)NC1=S. The lowest BCUT2D eigenvalue weighted by Crippen LogP contribution is -2.31. The molecule has 1 heterocycles. The number of phenolic OH excluding ortho intramolecular Hbond substituents is 1. The number of aromatic hydroxyl groups is 1. The van der Waals surface area contributed by atoms with Crippen LogP contribution in [0.25, 0.3) is 6.08 Å². The Morgan fingerprint density at radius 2 is 1.70 bits per heavy atom. The zero-order chi connectivity index (χ0) is 16.6. The Labute approximate surface area is 140 Å². The van der Waals surface area contributed by atoms with Crippen LogP contribution in [0, 0.1) is 13.8 Å². The smallest absolute Gasteiger partial charge is 0.281 e. The molecule has 0 saturated carbocycles. The topological polar surface area (TPSA) is 52.6 Å². The van der Waals surface area contributed by atoms with Crippen molar-refractivity contribution in [1.29, 1.82) is 0 Å². The van der Waals surface area contributed by atoms with Crippen LogP contribution in [-0.2, 0) is 4.79 Å². The van der Waals surface area contributed by atoms with E-state index in [1.807, 2.05) is 32.0 Å². The molecular weight excluding hydrogens is 308 g/mol. The van der Waals surface area contributed by atoms with Gasteiger partial charge in [0.2, 0.25) is 0 Å². The monoisotopic (exact) mass is 324 g/mol. The molecule has 4 nitrogen and oxygen atoms in total. The van der Waals surface area contributed by atoms with Crippen LogP contribution in [0.2, 0.25) is 0 Å². The van der Waals surface area contributed by atoms with E-state index in [9.17, 15) is 9.90 Å². The van der Waals surface area contributed by atoms with Crippen molar-refractivity contribution in [3.05, 3.63) is 64.9 Å². The molecule has 116 valence electrons. The van der Waals surface area contributed by atoms with Gasteiger partial charge in [0.05, 0.1) is 5.69 Å². The van der Waals surface area contributed by atoms with Gasteiger partial charge >= 0.3 is 0 Å². The summed E-state index contributed by atoms with van der Waals surface area (Å²) in [5.74, 6) is 0.00557. The lowest BCUT2D eigenvalue weighted by Gasteiger charge is -2.19. The van der Waals surface area contributed by atoms with Crippen molar-refractivity contribution in [3.8, 4) is 5.75 Å². The summed E-state index contributed by atoms with van der Waals surface area (Å²) < 4.78 is 0. The summed E-state index contributed by atoms with van der Waals surface area (Å²) in [7, 11) is 0. The van der Waals surface area contributed by atoms with E-state index in [0.717, 1.165) is 22.4 Å². The zero-order valence-corrected chi connectivity index (χ0v) is 13.6. The second kappa shape index (κ2) is 5.85. The van der Waals surface area contributed by atoms with E-state index in [2.05, 4.69) is 5.32 Å². The van der Waals surface area contributed by atoms with Gasteiger partial charge in [-0.2, -0.15) is 0 Å². The van der Waals surface area contributed by atoms with Gasteiger partial charge < -0.3 is 10.4 Å². The highest BCUT2D eigenvalue weighted by molar-refractivity contribution is 7.80. The molecule has 23 heavy (non-hydrogen) atoms. The molecule has 1 saturated heterocycles. The second-order valence-electron chi connectivity index (χ2n) is 5.46. The summed E-state index contributed by atoms with van der Waals surface area (Å²) in [6, 6.07) is 12.5. The Morgan fingerprint density at radius 3 is 2.30 bits per heavy atom. The van der Waals surface area contributed by atoms with Gasteiger partial charge in [-0.1, -0.05) is 30.3 Å². The van der Waals surface area contributed by atoms with Crippen LogP contribution in [0.1, 0.15) is 16.7 Å². The van der Waals surface area contributed by atoms with Crippen molar-refractivity contribution < 1.29 is 9.90 Å². The number of aryl methyl sites for hydroxylation is 2. The van der Waals surface area contributed by atoms with Crippen LogP contribution >= 0.6 is 12.2 Å². The summed E-state index contributed by atoms with van der Waals surface area (Å²) in [5, 5.41) is 12.7. The molecular formula is C18H16N2O2S. The number of nitrogens with zero attached hydrogens (tertiary/aromatic N) is 1. The van der Waals surface area contributed by atoms with Gasteiger partial charge in [0.15, 0.2) is 5.11 Å². The fourth-order valence-electron chi connectivity index (χ4n) is 2.63. The third kappa shape index (κ3) is 2.83. The number of para-hydroxylation sites is 1. The standard InChI is InChI=1S/C18H16N2O2S/c1-11-4-3-5-12(2)16(11)20-17(22)15(19-18(20)23)10-13-6-8-14(21)9-7-13/h3-10,21H,1-2H3,(H,19,23)/b15-10+. The molecule has 5 heteroatoms. The third-order valence-electron chi connectivity index (χ3n) is 3.75. The number of nitrogens with one attached hydrogen (secondary N) is 1. The minimum Gasteiger partial charge on any atom is -0.508 e. The van der Waals surface area contributed by atoms with Crippen LogP contribution in [0.5, 0.6) is 5.75 Å². The maximum Gasteiger partial charge on any atom is 0.281 e. The van der Waals surface area contributed by atoms with Crippen molar-refractivity contribution in [3.63, 3.8) is 0 Å². The van der Waals surface area contributed by atoms with Crippen molar-refractivity contribution in [1.82, 2.24) is 5.32 Å². The number of hydrogen-bond acceptors (Lipinski definition) is 3. The molecule has 1 fully saturated rings. The summed E-state index contributed by atoms with van der Waals surface area (Å²) in [6.45, 7) is 3.92. The van der Waals surface area contributed by atoms with Crippen LogP contribution in [0.15, 0.2) is 48.2 Å². The Hall–Kier alpha value is -2.66. The predicted molar refractivity (Wildman–Crippen MR) is 95.2 cm³/mol. The van der Waals surface area contributed by atoms with Gasteiger partial charge in [0.25, 0.3) is 5.91 Å². The third-order valence-corrected chi connectivity index (χ3v) is 4.03. The molecule has 3 rings (SSSR count). The van der Waals surface area contributed by atoms with E-state index in [0.29, 0.717) is 10.8 Å². The molecule has 0 aromatic heterocycles. The summed E-state index contributed by atoms with van der Waals surface area (Å²) >= 11 is 5.35. The maximum atomic E-state index is 12.8. The quantitative estimate of drug-likeness (QED) is 0.657. The van der Waals surface area contributed by atoms with Crippen molar-refractivity contribution >= 4 is 35.0 Å². The van der Waals surface area contributed by atoms with Gasteiger partial charge in [-0.3, -0.25) is 9.69 Å². The number of benzene rings is 2. The van der Waals surface area contributed by atoms with Crippen molar-refractivity contribution in [2.24, 2.45) is 0 Å². The predicted octanol–water partition coefficient (Wildman–Crippen LogP) is 3.27. The molecule has 1 aliphatic heterocycles. The molecule has 2 N–H and O–H groups in total. The molecule has 0 atom stereocenters. The normalized spacial score (nSPS) is 16.1. The van der Waals surface area contributed by atoms with E-state index in [1.165, 1.54) is 4.90 Å². The largest absolute Gasteiger partial charge is 0.508 e. The first-order valence-electron chi connectivity index (χ1n) is 7.20. The number of thiocarbonyl (C=S) groups is 1. The van der Waals surface area contributed by atoms with Crippen LogP contribution in [-0.4, -0.2) is 16.1 Å². The fraction of sp³-hybridized carbons (Fsp3) is 0.111. The van der Waals surface area contributed by atoms with Gasteiger partial charge in [0, 0.05) is 0 Å². The number of rotatable bonds is 2. The minimum absolute atomic E-state index is 0.180. The van der Waals surface area contributed by atoms with E-state index < -0.39 is 0 Å². The van der Waals surface area contributed by atoms with Crippen LogP contribution in [0.4, 0.5) is 5.69 Å². The highest BCUT2D eigenvalue weighted by atomic mass is 32.1. The number of phenols is 1. The average Bonchev–Trinajstić information content (AvgIpc) is 2.77. The average molecular weight is 324 g/mol. The Morgan fingerprint density at radius 1 is 1.09 bits per heavy atom. The molecule has 0 spiro atoms. The number of amides is 1. The molecule has 0 unspecified atom stereocenters. The van der Waals surface area contributed by atoms with Gasteiger partial charge in [0.1, 0.15) is 11.4 Å². The number of hydrogen-bond donors (Lipinski definition) is 2. The molecule has 1 aliphatic rings. The first-order chi connectivity index (χ1) is 11.0. The maximum absolute atomic E-state index is 12.8. The first-order valence-corrected chi connectivity index (χ1v) is 7.60. The zero-order valence-electron chi connectivity index (χ0n) is 12.8. The second-order valence-corrected chi connectivity index (χ2v) is 5.85.